The van der Waals surface area contributed by atoms with E-state index in [1.165, 1.54) is 26.4 Å². The van der Waals surface area contributed by atoms with E-state index in [-0.39, 0.29) is 22.7 Å². The number of hydrogen-bond acceptors (Lipinski definition) is 6. The number of hydrogen-bond donors (Lipinski definition) is 1. The van der Waals surface area contributed by atoms with Gasteiger partial charge < -0.3 is 19.4 Å². The van der Waals surface area contributed by atoms with Crippen LogP contribution in [0.4, 0.5) is 5.69 Å². The molecule has 0 unspecified atom stereocenters. The van der Waals surface area contributed by atoms with Crippen molar-refractivity contribution in [3.05, 3.63) is 46.5 Å². The normalized spacial score (nSPS) is 10.2. The van der Waals surface area contributed by atoms with Crippen LogP contribution in [0.1, 0.15) is 16.8 Å². The first-order valence-electron chi connectivity index (χ1n) is 7.21. The number of benzene rings is 1. The minimum atomic E-state index is -0.623. The molecule has 9 nitrogen and oxygen atoms in total. The van der Waals surface area contributed by atoms with Gasteiger partial charge in [0.2, 0.25) is 0 Å². The first kappa shape index (κ1) is 17.3. The molecule has 2 rings (SSSR count). The van der Waals surface area contributed by atoms with Crippen LogP contribution in [0.5, 0.6) is 11.5 Å². The third-order valence-electron chi connectivity index (χ3n) is 3.38. The first-order valence-corrected chi connectivity index (χ1v) is 7.21. The zero-order valence-corrected chi connectivity index (χ0v) is 13.4. The third kappa shape index (κ3) is 4.00. The summed E-state index contributed by atoms with van der Waals surface area (Å²) in [5.41, 5.74) is -0.403. The second-order valence-corrected chi connectivity index (χ2v) is 4.89. The number of nitrogens with zero attached hydrogens (tertiary/aromatic N) is 3. The Kier molecular flexibility index (Phi) is 5.72. The van der Waals surface area contributed by atoms with Gasteiger partial charge in [-0.15, -0.1) is 0 Å². The van der Waals surface area contributed by atoms with Gasteiger partial charge in [-0.1, -0.05) is 0 Å². The van der Waals surface area contributed by atoms with Crippen LogP contribution >= 0.6 is 0 Å². The van der Waals surface area contributed by atoms with Crippen LogP contribution in [0, 0.1) is 10.1 Å². The number of nitro benzene ring substituents is 1. The highest BCUT2D eigenvalue weighted by Crippen LogP contribution is 2.34. The quantitative estimate of drug-likeness (QED) is 0.446. The molecule has 0 bridgehead atoms. The number of aryl methyl sites for hydroxylation is 1. The van der Waals surface area contributed by atoms with Gasteiger partial charge in [-0.05, 0) is 6.42 Å². The second-order valence-electron chi connectivity index (χ2n) is 4.89. The Balaban J connectivity index is 2.07. The zero-order valence-electron chi connectivity index (χ0n) is 13.4. The Labute approximate surface area is 138 Å². The average Bonchev–Trinajstić information content (AvgIpc) is 3.10. The van der Waals surface area contributed by atoms with E-state index in [0.717, 1.165) is 0 Å². The van der Waals surface area contributed by atoms with Gasteiger partial charge in [-0.2, -0.15) is 0 Å². The van der Waals surface area contributed by atoms with Gasteiger partial charge in [-0.3, -0.25) is 14.9 Å². The van der Waals surface area contributed by atoms with E-state index in [9.17, 15) is 14.9 Å². The van der Waals surface area contributed by atoms with Gasteiger partial charge in [-0.25, -0.2) is 4.98 Å². The standard InChI is InChI=1S/C15H18N4O5/c1-23-13-8-11(12(19(21)22)9-14(13)24-2)15(20)17-4-3-6-18-7-5-16-10-18/h5,7-10H,3-4,6H2,1-2H3,(H,17,20). The molecule has 2 aromatic rings. The molecule has 0 saturated carbocycles. The Morgan fingerprint density at radius 1 is 1.33 bits per heavy atom. The topological polar surface area (TPSA) is 109 Å². The van der Waals surface area contributed by atoms with E-state index in [1.54, 1.807) is 12.5 Å². The predicted molar refractivity (Wildman–Crippen MR) is 85.4 cm³/mol. The Bertz CT molecular complexity index is 715. The van der Waals surface area contributed by atoms with Crippen LogP contribution in [0.15, 0.2) is 30.9 Å². The maximum Gasteiger partial charge on any atom is 0.286 e. The molecule has 0 radical (unpaired) electrons. The van der Waals surface area contributed by atoms with Crippen LogP contribution in [-0.4, -0.2) is 41.1 Å². The molecule has 128 valence electrons. The van der Waals surface area contributed by atoms with Gasteiger partial charge in [0.05, 0.1) is 31.5 Å². The van der Waals surface area contributed by atoms with Crippen LogP contribution in [0.25, 0.3) is 0 Å². The van der Waals surface area contributed by atoms with Crippen molar-refractivity contribution in [3.63, 3.8) is 0 Å². The van der Waals surface area contributed by atoms with Crippen LogP contribution < -0.4 is 14.8 Å². The van der Waals surface area contributed by atoms with E-state index in [4.69, 9.17) is 9.47 Å². The highest BCUT2D eigenvalue weighted by Gasteiger charge is 2.24. The van der Waals surface area contributed by atoms with E-state index < -0.39 is 10.8 Å². The number of rotatable bonds is 8. The summed E-state index contributed by atoms with van der Waals surface area (Å²) in [7, 11) is 2.77. The molecular formula is C15H18N4O5. The molecule has 0 aliphatic rings. The monoisotopic (exact) mass is 334 g/mol. The molecule has 0 fully saturated rings. The molecule has 1 aromatic carbocycles. The zero-order chi connectivity index (χ0) is 17.5. The lowest BCUT2D eigenvalue weighted by atomic mass is 10.1. The summed E-state index contributed by atoms with van der Waals surface area (Å²) in [6.07, 6.45) is 5.84. The fourth-order valence-corrected chi connectivity index (χ4v) is 2.18. The largest absolute Gasteiger partial charge is 0.493 e. The number of aromatic nitrogens is 2. The minimum Gasteiger partial charge on any atom is -0.493 e. The van der Waals surface area contributed by atoms with Crippen LogP contribution in [0.2, 0.25) is 0 Å². The summed E-state index contributed by atoms with van der Waals surface area (Å²) in [4.78, 5) is 26.8. The lowest BCUT2D eigenvalue weighted by molar-refractivity contribution is -0.385. The van der Waals surface area contributed by atoms with Gasteiger partial charge in [0.1, 0.15) is 5.56 Å². The predicted octanol–water partition coefficient (Wildman–Crippen LogP) is 1.63. The Morgan fingerprint density at radius 3 is 2.62 bits per heavy atom. The summed E-state index contributed by atoms with van der Waals surface area (Å²) in [6, 6.07) is 2.49. The van der Waals surface area contributed by atoms with Crippen LogP contribution in [-0.2, 0) is 6.54 Å². The molecule has 9 heteroatoms. The number of imidazole rings is 1. The number of methoxy groups -OCH3 is 2. The van der Waals surface area contributed by atoms with Gasteiger partial charge in [0.25, 0.3) is 11.6 Å². The lowest BCUT2D eigenvalue weighted by Gasteiger charge is -2.11. The van der Waals surface area contributed by atoms with E-state index in [0.29, 0.717) is 19.5 Å². The van der Waals surface area contributed by atoms with Gasteiger partial charge in [0.15, 0.2) is 11.5 Å². The van der Waals surface area contributed by atoms with Crippen molar-refractivity contribution in [2.45, 2.75) is 13.0 Å². The lowest BCUT2D eigenvalue weighted by Crippen LogP contribution is -2.26. The van der Waals surface area contributed by atoms with Crippen molar-refractivity contribution in [2.75, 3.05) is 20.8 Å². The Morgan fingerprint density at radius 2 is 2.04 bits per heavy atom. The van der Waals surface area contributed by atoms with Crippen molar-refractivity contribution in [2.24, 2.45) is 0 Å². The number of nitrogens with one attached hydrogen (secondary N) is 1. The average molecular weight is 334 g/mol. The van der Waals surface area contributed by atoms with Crippen molar-refractivity contribution in [1.82, 2.24) is 14.9 Å². The van der Waals surface area contributed by atoms with E-state index in [1.807, 2.05) is 10.8 Å². The summed E-state index contributed by atoms with van der Waals surface area (Å²) in [5, 5.41) is 13.9. The molecule has 1 aromatic heterocycles. The first-order chi connectivity index (χ1) is 11.6. The third-order valence-corrected chi connectivity index (χ3v) is 3.38. The molecule has 1 amide bonds. The molecule has 0 aliphatic carbocycles. The van der Waals surface area contributed by atoms with Crippen LogP contribution in [0.3, 0.4) is 0 Å². The van der Waals surface area contributed by atoms with E-state index in [2.05, 4.69) is 10.3 Å². The van der Waals surface area contributed by atoms with Crippen molar-refractivity contribution in [3.8, 4) is 11.5 Å². The molecule has 1 N–H and O–H groups in total. The second kappa shape index (κ2) is 7.95. The molecule has 24 heavy (non-hydrogen) atoms. The van der Waals surface area contributed by atoms with Crippen molar-refractivity contribution >= 4 is 11.6 Å². The smallest absolute Gasteiger partial charge is 0.286 e. The fourth-order valence-electron chi connectivity index (χ4n) is 2.18. The summed E-state index contributed by atoms with van der Waals surface area (Å²) >= 11 is 0. The summed E-state index contributed by atoms with van der Waals surface area (Å²) in [6.45, 7) is 1.07. The number of carbonyl (C=O) groups is 1. The fraction of sp³-hybridized carbons (Fsp3) is 0.333. The van der Waals surface area contributed by atoms with Gasteiger partial charge in [0, 0.05) is 31.5 Å². The minimum absolute atomic E-state index is 0.0692. The Hall–Kier alpha value is -3.10. The highest BCUT2D eigenvalue weighted by atomic mass is 16.6. The molecule has 0 aliphatic heterocycles. The molecular weight excluding hydrogens is 316 g/mol. The van der Waals surface area contributed by atoms with Crippen molar-refractivity contribution < 1.29 is 19.2 Å². The van der Waals surface area contributed by atoms with E-state index >= 15 is 0 Å². The summed E-state index contributed by atoms with van der Waals surface area (Å²) < 4.78 is 12.0. The van der Waals surface area contributed by atoms with Gasteiger partial charge >= 0.3 is 0 Å². The molecule has 0 atom stereocenters. The number of carbonyl (C=O) groups excluding carboxylic acids is 1. The molecule has 1 heterocycles. The van der Waals surface area contributed by atoms with Crippen molar-refractivity contribution in [1.29, 1.82) is 0 Å². The highest BCUT2D eigenvalue weighted by molar-refractivity contribution is 5.99. The maximum atomic E-state index is 12.3. The number of nitro groups is 1. The molecule has 0 saturated heterocycles. The molecule has 0 spiro atoms. The number of ether oxygens (including phenoxy) is 2. The SMILES string of the molecule is COc1cc(C(=O)NCCCn2ccnc2)c([N+](=O)[O-])cc1OC. The number of amides is 1. The summed E-state index contributed by atoms with van der Waals surface area (Å²) in [5.74, 6) is -0.0826. The maximum absolute atomic E-state index is 12.3.